The van der Waals surface area contributed by atoms with Gasteiger partial charge >= 0.3 is 0 Å². The largest absolute Gasteiger partial charge is 0.348 e. The predicted octanol–water partition coefficient (Wildman–Crippen LogP) is 3.81. The van der Waals surface area contributed by atoms with Crippen LogP contribution >= 0.6 is 0 Å². The quantitative estimate of drug-likeness (QED) is 0.733. The monoisotopic (exact) mass is 379 g/mol. The lowest BCUT2D eigenvalue weighted by molar-refractivity contribution is -0.117. The van der Waals surface area contributed by atoms with Gasteiger partial charge in [0.25, 0.3) is 5.91 Å². The van der Waals surface area contributed by atoms with E-state index in [1.165, 1.54) is 5.56 Å². The lowest BCUT2D eigenvalue weighted by atomic mass is 10.1. The fourth-order valence-electron chi connectivity index (χ4n) is 2.91. The van der Waals surface area contributed by atoms with Crippen molar-refractivity contribution in [1.82, 2.24) is 10.2 Å². The van der Waals surface area contributed by atoms with Crippen LogP contribution in [0.1, 0.15) is 48.2 Å². The number of carbonyl (C=O) groups is 2. The Morgan fingerprint density at radius 3 is 2.29 bits per heavy atom. The van der Waals surface area contributed by atoms with Gasteiger partial charge in [0.2, 0.25) is 5.91 Å². The van der Waals surface area contributed by atoms with Crippen LogP contribution in [0.3, 0.4) is 0 Å². The van der Waals surface area contributed by atoms with Crippen LogP contribution in [0.15, 0.2) is 48.5 Å². The van der Waals surface area contributed by atoms with Crippen LogP contribution in [0.5, 0.6) is 0 Å². The highest BCUT2D eigenvalue weighted by molar-refractivity contribution is 5.96. The Hall–Kier alpha value is -2.66. The maximum absolute atomic E-state index is 12.5. The van der Waals surface area contributed by atoms with Crippen molar-refractivity contribution in [3.63, 3.8) is 0 Å². The van der Waals surface area contributed by atoms with E-state index in [0.29, 0.717) is 18.2 Å². The highest BCUT2D eigenvalue weighted by atomic mass is 16.2. The molecule has 2 aromatic rings. The fraction of sp³-hybridized carbons (Fsp3) is 0.391. The summed E-state index contributed by atoms with van der Waals surface area (Å²) in [5.74, 6) is 0.116. The highest BCUT2D eigenvalue weighted by Crippen LogP contribution is 2.30. The molecule has 0 radical (unpaired) electrons. The zero-order chi connectivity index (χ0) is 20.1. The predicted molar refractivity (Wildman–Crippen MR) is 112 cm³/mol. The summed E-state index contributed by atoms with van der Waals surface area (Å²) in [4.78, 5) is 26.6. The maximum Gasteiger partial charge on any atom is 0.251 e. The number of amides is 2. The Labute approximate surface area is 167 Å². The van der Waals surface area contributed by atoms with Gasteiger partial charge in [0.1, 0.15) is 0 Å². The number of carbonyl (C=O) groups excluding carboxylic acids is 2. The molecule has 0 bridgehead atoms. The first-order valence-corrected chi connectivity index (χ1v) is 9.90. The number of hydrogen-bond donors (Lipinski definition) is 2. The molecule has 1 aliphatic carbocycles. The zero-order valence-electron chi connectivity index (χ0n) is 16.9. The van der Waals surface area contributed by atoms with Crippen molar-refractivity contribution in [1.29, 1.82) is 0 Å². The lowest BCUT2D eigenvalue weighted by Gasteiger charge is -2.22. The number of anilines is 1. The third kappa shape index (κ3) is 5.42. The van der Waals surface area contributed by atoms with E-state index in [-0.39, 0.29) is 17.7 Å². The second-order valence-corrected chi connectivity index (χ2v) is 7.80. The summed E-state index contributed by atoms with van der Waals surface area (Å²) in [6.45, 7) is 5.67. The third-order valence-electron chi connectivity index (χ3n) is 5.22. The summed E-state index contributed by atoms with van der Waals surface area (Å²) in [6.07, 6.45) is 1.95. The minimum absolute atomic E-state index is 0.0696. The molecule has 0 heterocycles. The van der Waals surface area contributed by atoms with Gasteiger partial charge in [-0.15, -0.1) is 0 Å². The van der Waals surface area contributed by atoms with E-state index in [4.69, 9.17) is 0 Å². The molecule has 1 aliphatic rings. The summed E-state index contributed by atoms with van der Waals surface area (Å²) < 4.78 is 0. The van der Waals surface area contributed by atoms with E-state index in [9.17, 15) is 9.59 Å². The first kappa shape index (κ1) is 20.1. The topological polar surface area (TPSA) is 61.4 Å². The van der Waals surface area contributed by atoms with Gasteiger partial charge in [-0.1, -0.05) is 24.3 Å². The van der Waals surface area contributed by atoms with E-state index in [1.807, 2.05) is 12.1 Å². The number of benzene rings is 2. The van der Waals surface area contributed by atoms with E-state index in [2.05, 4.69) is 48.6 Å². The van der Waals surface area contributed by atoms with E-state index < -0.39 is 0 Å². The summed E-state index contributed by atoms with van der Waals surface area (Å²) in [7, 11) is 2.10. The molecule has 0 aliphatic heterocycles. The highest BCUT2D eigenvalue weighted by Gasteiger charge is 2.29. The number of hydrogen-bond acceptors (Lipinski definition) is 3. The minimum Gasteiger partial charge on any atom is -0.348 e. The fourth-order valence-corrected chi connectivity index (χ4v) is 2.91. The first-order chi connectivity index (χ1) is 13.4. The van der Waals surface area contributed by atoms with Crippen molar-refractivity contribution in [3.8, 4) is 0 Å². The number of nitrogens with one attached hydrogen (secondary N) is 2. The van der Waals surface area contributed by atoms with Crippen LogP contribution < -0.4 is 10.6 Å². The Balaban J connectivity index is 1.57. The van der Waals surface area contributed by atoms with Crippen LogP contribution in [0.2, 0.25) is 0 Å². The van der Waals surface area contributed by atoms with Crippen molar-refractivity contribution in [2.45, 2.75) is 45.8 Å². The molecule has 2 aromatic carbocycles. The summed E-state index contributed by atoms with van der Waals surface area (Å²) >= 11 is 0. The smallest absolute Gasteiger partial charge is 0.251 e. The van der Waals surface area contributed by atoms with E-state index in [0.717, 1.165) is 30.6 Å². The number of nitrogens with zero attached hydrogens (tertiary/aromatic N) is 1. The third-order valence-corrected chi connectivity index (χ3v) is 5.22. The van der Waals surface area contributed by atoms with Gasteiger partial charge in [-0.3, -0.25) is 14.5 Å². The molecule has 3 rings (SSSR count). The van der Waals surface area contributed by atoms with Gasteiger partial charge in [0.05, 0.1) is 0 Å². The second kappa shape index (κ2) is 9.02. The molecular weight excluding hydrogens is 350 g/mol. The minimum atomic E-state index is -0.118. The molecule has 0 aromatic heterocycles. The molecule has 2 amide bonds. The van der Waals surface area contributed by atoms with Crippen molar-refractivity contribution in [2.24, 2.45) is 5.92 Å². The SMILES string of the molecule is CC(C)N(C)Cc1ccccc1CNC(=O)c1ccc(NC(=O)C2CC2)cc1. The van der Waals surface area contributed by atoms with Gasteiger partial charge < -0.3 is 10.6 Å². The summed E-state index contributed by atoms with van der Waals surface area (Å²) in [5, 5.41) is 5.89. The van der Waals surface area contributed by atoms with Gasteiger partial charge in [-0.05, 0) is 69.1 Å². The van der Waals surface area contributed by atoms with Gasteiger partial charge in [0.15, 0.2) is 0 Å². The molecule has 5 nitrogen and oxygen atoms in total. The molecule has 0 unspecified atom stereocenters. The van der Waals surface area contributed by atoms with Crippen molar-refractivity contribution >= 4 is 17.5 Å². The zero-order valence-corrected chi connectivity index (χ0v) is 16.9. The molecule has 0 spiro atoms. The first-order valence-electron chi connectivity index (χ1n) is 9.90. The molecule has 5 heteroatoms. The number of rotatable bonds is 8. The standard InChI is InChI=1S/C23H29N3O2/c1-16(2)26(3)15-20-7-5-4-6-19(20)14-24-22(27)17-10-12-21(13-11-17)25-23(28)18-8-9-18/h4-7,10-13,16,18H,8-9,14-15H2,1-3H3,(H,24,27)(H,25,28). The van der Waals surface area contributed by atoms with Gasteiger partial charge in [-0.2, -0.15) is 0 Å². The van der Waals surface area contributed by atoms with E-state index in [1.54, 1.807) is 24.3 Å². The Kier molecular flexibility index (Phi) is 6.47. The summed E-state index contributed by atoms with van der Waals surface area (Å²) in [5.41, 5.74) is 3.66. The van der Waals surface area contributed by atoms with Crippen LogP contribution in [0.25, 0.3) is 0 Å². The molecule has 28 heavy (non-hydrogen) atoms. The van der Waals surface area contributed by atoms with Gasteiger partial charge in [-0.25, -0.2) is 0 Å². The van der Waals surface area contributed by atoms with Crippen LogP contribution in [0, 0.1) is 5.92 Å². The average Bonchev–Trinajstić information content (AvgIpc) is 3.53. The Bertz CT molecular complexity index is 826. The molecule has 0 atom stereocenters. The van der Waals surface area contributed by atoms with Crippen molar-refractivity contribution in [2.75, 3.05) is 12.4 Å². The molecule has 0 saturated heterocycles. The van der Waals surface area contributed by atoms with Crippen LogP contribution in [-0.4, -0.2) is 29.8 Å². The molecular formula is C23H29N3O2. The lowest BCUT2D eigenvalue weighted by Crippen LogP contribution is -2.27. The Morgan fingerprint density at radius 1 is 1.04 bits per heavy atom. The summed E-state index contributed by atoms with van der Waals surface area (Å²) in [6, 6.07) is 15.7. The molecule has 2 N–H and O–H groups in total. The average molecular weight is 380 g/mol. The second-order valence-electron chi connectivity index (χ2n) is 7.80. The van der Waals surface area contributed by atoms with E-state index >= 15 is 0 Å². The Morgan fingerprint density at radius 2 is 1.68 bits per heavy atom. The van der Waals surface area contributed by atoms with Gasteiger partial charge in [0, 0.05) is 36.3 Å². The molecule has 148 valence electrons. The van der Waals surface area contributed by atoms with Crippen molar-refractivity contribution < 1.29 is 9.59 Å². The van der Waals surface area contributed by atoms with Crippen LogP contribution in [0.4, 0.5) is 5.69 Å². The maximum atomic E-state index is 12.5. The van der Waals surface area contributed by atoms with Crippen LogP contribution in [-0.2, 0) is 17.9 Å². The normalized spacial score (nSPS) is 13.6. The van der Waals surface area contributed by atoms with Crippen molar-refractivity contribution in [3.05, 3.63) is 65.2 Å². The molecule has 1 fully saturated rings. The molecule has 1 saturated carbocycles.